The molecule has 0 unspecified atom stereocenters. The summed E-state index contributed by atoms with van der Waals surface area (Å²) >= 11 is 6.70. The monoisotopic (exact) mass is 392 g/mol. The summed E-state index contributed by atoms with van der Waals surface area (Å²) in [5.41, 5.74) is 1.45. The van der Waals surface area contributed by atoms with Crippen LogP contribution in [0.5, 0.6) is 0 Å². The SMILES string of the molecule is O=C(/C=C/c1cc(Br)ccn1)/C=C/c1cc(Br)ccn1. The summed E-state index contributed by atoms with van der Waals surface area (Å²) < 4.78 is 1.85. The Labute approximate surface area is 133 Å². The zero-order valence-corrected chi connectivity index (χ0v) is 13.5. The average Bonchev–Trinajstić information content (AvgIpc) is 2.43. The fraction of sp³-hybridized carbons (Fsp3) is 0. The lowest BCUT2D eigenvalue weighted by Crippen LogP contribution is -1.87. The zero-order valence-electron chi connectivity index (χ0n) is 10.3. The van der Waals surface area contributed by atoms with Crippen LogP contribution in [0.1, 0.15) is 11.4 Å². The first-order valence-corrected chi connectivity index (χ1v) is 7.35. The number of carbonyl (C=O) groups is 1. The molecule has 2 heterocycles. The predicted octanol–water partition coefficient (Wildman–Crippen LogP) is 4.30. The third-order valence-electron chi connectivity index (χ3n) is 2.32. The Hall–Kier alpha value is -1.59. The van der Waals surface area contributed by atoms with Crippen LogP contribution in [0, 0.1) is 0 Å². The smallest absolute Gasteiger partial charge is 0.178 e. The molecule has 0 bridgehead atoms. The van der Waals surface area contributed by atoms with Crippen molar-refractivity contribution in [3.8, 4) is 0 Å². The van der Waals surface area contributed by atoms with Gasteiger partial charge in [0, 0.05) is 21.3 Å². The van der Waals surface area contributed by atoms with E-state index in [0.717, 1.165) is 20.3 Å². The van der Waals surface area contributed by atoms with E-state index in [1.807, 2.05) is 24.3 Å². The Morgan fingerprint density at radius 2 is 1.35 bits per heavy atom. The number of ketones is 1. The maximum Gasteiger partial charge on any atom is 0.178 e. The molecule has 2 rings (SSSR count). The molecule has 2 aromatic rings. The van der Waals surface area contributed by atoms with Gasteiger partial charge in [-0.2, -0.15) is 0 Å². The lowest BCUT2D eigenvalue weighted by Gasteiger charge is -1.93. The third-order valence-corrected chi connectivity index (χ3v) is 3.31. The molecule has 0 aliphatic rings. The zero-order chi connectivity index (χ0) is 14.4. The van der Waals surface area contributed by atoms with Gasteiger partial charge in [0.05, 0.1) is 11.4 Å². The average molecular weight is 394 g/mol. The topological polar surface area (TPSA) is 42.9 Å². The quantitative estimate of drug-likeness (QED) is 0.727. The fourth-order valence-corrected chi connectivity index (χ4v) is 2.12. The molecule has 0 N–H and O–H groups in total. The van der Waals surface area contributed by atoms with Crippen LogP contribution in [0.4, 0.5) is 0 Å². The van der Waals surface area contributed by atoms with Crippen molar-refractivity contribution in [2.45, 2.75) is 0 Å². The van der Waals surface area contributed by atoms with Gasteiger partial charge in [0.2, 0.25) is 0 Å². The van der Waals surface area contributed by atoms with Gasteiger partial charge in [0.15, 0.2) is 5.78 Å². The highest BCUT2D eigenvalue weighted by molar-refractivity contribution is 9.10. The van der Waals surface area contributed by atoms with E-state index in [0.29, 0.717) is 0 Å². The van der Waals surface area contributed by atoms with Crippen LogP contribution < -0.4 is 0 Å². The van der Waals surface area contributed by atoms with Crippen molar-refractivity contribution in [1.29, 1.82) is 0 Å². The van der Waals surface area contributed by atoms with Crippen molar-refractivity contribution in [2.75, 3.05) is 0 Å². The number of aromatic nitrogens is 2. The molecule has 0 atom stereocenters. The van der Waals surface area contributed by atoms with Crippen LogP contribution >= 0.6 is 31.9 Å². The van der Waals surface area contributed by atoms with Crippen molar-refractivity contribution in [3.63, 3.8) is 0 Å². The third kappa shape index (κ3) is 4.83. The van der Waals surface area contributed by atoms with E-state index in [1.165, 1.54) is 12.2 Å². The lowest BCUT2D eigenvalue weighted by molar-refractivity contribution is -0.110. The molecular weight excluding hydrogens is 384 g/mol. The second-order valence-electron chi connectivity index (χ2n) is 3.87. The molecule has 0 fully saturated rings. The summed E-state index contributed by atoms with van der Waals surface area (Å²) in [6.45, 7) is 0. The number of allylic oxidation sites excluding steroid dienone is 2. The van der Waals surface area contributed by atoms with Gasteiger partial charge >= 0.3 is 0 Å². The summed E-state index contributed by atoms with van der Waals surface area (Å²) in [5, 5.41) is 0. The predicted molar refractivity (Wildman–Crippen MR) is 86.9 cm³/mol. The van der Waals surface area contributed by atoms with Crippen LogP contribution in [0.3, 0.4) is 0 Å². The molecule has 100 valence electrons. The van der Waals surface area contributed by atoms with E-state index in [9.17, 15) is 4.79 Å². The number of hydrogen-bond donors (Lipinski definition) is 0. The normalized spacial score (nSPS) is 11.3. The molecule has 0 spiro atoms. The highest BCUT2D eigenvalue weighted by Gasteiger charge is 1.94. The molecule has 0 saturated heterocycles. The highest BCUT2D eigenvalue weighted by Crippen LogP contribution is 2.11. The maximum absolute atomic E-state index is 11.7. The number of nitrogens with zero attached hydrogens (tertiary/aromatic N) is 2. The largest absolute Gasteiger partial charge is 0.290 e. The van der Waals surface area contributed by atoms with Crippen LogP contribution in [0.15, 0.2) is 57.8 Å². The van der Waals surface area contributed by atoms with Crippen molar-refractivity contribution >= 4 is 49.8 Å². The van der Waals surface area contributed by atoms with Crippen LogP contribution in [-0.4, -0.2) is 15.8 Å². The number of rotatable bonds is 4. The molecule has 2 aromatic heterocycles. The molecule has 0 saturated carbocycles. The van der Waals surface area contributed by atoms with Crippen molar-refractivity contribution in [3.05, 3.63) is 69.1 Å². The Morgan fingerprint density at radius 3 is 1.75 bits per heavy atom. The molecule has 20 heavy (non-hydrogen) atoms. The van der Waals surface area contributed by atoms with Crippen molar-refractivity contribution in [2.24, 2.45) is 0 Å². The first-order chi connectivity index (χ1) is 9.63. The number of hydrogen-bond acceptors (Lipinski definition) is 3. The van der Waals surface area contributed by atoms with Gasteiger partial charge in [0.1, 0.15) is 0 Å². The van der Waals surface area contributed by atoms with E-state index in [-0.39, 0.29) is 5.78 Å². The molecule has 0 aliphatic carbocycles. The Kier molecular flexibility index (Phi) is 5.38. The summed E-state index contributed by atoms with van der Waals surface area (Å²) in [6, 6.07) is 7.34. The Balaban J connectivity index is 2.02. The molecular formula is C15H10Br2N2O. The Morgan fingerprint density at radius 1 is 0.900 bits per heavy atom. The van der Waals surface area contributed by atoms with E-state index in [2.05, 4.69) is 41.8 Å². The second-order valence-corrected chi connectivity index (χ2v) is 5.70. The summed E-state index contributed by atoms with van der Waals surface area (Å²) in [5.74, 6) is -0.117. The van der Waals surface area contributed by atoms with E-state index >= 15 is 0 Å². The molecule has 0 radical (unpaired) electrons. The highest BCUT2D eigenvalue weighted by atomic mass is 79.9. The molecule has 0 aromatic carbocycles. The summed E-state index contributed by atoms with van der Waals surface area (Å²) in [4.78, 5) is 20.0. The minimum absolute atomic E-state index is 0.117. The van der Waals surface area contributed by atoms with Gasteiger partial charge in [-0.1, -0.05) is 31.9 Å². The van der Waals surface area contributed by atoms with E-state index < -0.39 is 0 Å². The van der Waals surface area contributed by atoms with Crippen molar-refractivity contribution < 1.29 is 4.79 Å². The molecule has 0 aliphatic heterocycles. The summed E-state index contributed by atoms with van der Waals surface area (Å²) in [6.07, 6.45) is 9.65. The molecule has 5 heteroatoms. The Bertz CT molecular complexity index is 624. The number of pyridine rings is 2. The fourth-order valence-electron chi connectivity index (χ4n) is 1.42. The molecule has 0 amide bonds. The standard InChI is InChI=1S/C15H10Br2N2O/c16-11-5-7-18-13(9-11)1-3-15(20)4-2-14-10-12(17)6-8-19-14/h1-10H/b3-1+,4-2+. The lowest BCUT2D eigenvalue weighted by atomic mass is 10.2. The minimum atomic E-state index is -0.117. The van der Waals surface area contributed by atoms with Crippen LogP contribution in [0.25, 0.3) is 12.2 Å². The van der Waals surface area contributed by atoms with Gasteiger partial charge in [-0.05, 0) is 48.6 Å². The van der Waals surface area contributed by atoms with Crippen molar-refractivity contribution in [1.82, 2.24) is 9.97 Å². The second kappa shape index (κ2) is 7.26. The first-order valence-electron chi connectivity index (χ1n) is 5.77. The summed E-state index contributed by atoms with van der Waals surface area (Å²) in [7, 11) is 0. The van der Waals surface area contributed by atoms with Gasteiger partial charge in [-0.15, -0.1) is 0 Å². The minimum Gasteiger partial charge on any atom is -0.290 e. The maximum atomic E-state index is 11.7. The van der Waals surface area contributed by atoms with E-state index in [1.54, 1.807) is 24.5 Å². The van der Waals surface area contributed by atoms with Gasteiger partial charge in [-0.25, -0.2) is 0 Å². The van der Waals surface area contributed by atoms with Crippen LogP contribution in [-0.2, 0) is 4.79 Å². The first kappa shape index (κ1) is 14.8. The number of halogens is 2. The molecule has 3 nitrogen and oxygen atoms in total. The van der Waals surface area contributed by atoms with Gasteiger partial charge in [-0.3, -0.25) is 14.8 Å². The number of carbonyl (C=O) groups excluding carboxylic acids is 1. The van der Waals surface area contributed by atoms with Crippen LogP contribution in [0.2, 0.25) is 0 Å². The van der Waals surface area contributed by atoms with Gasteiger partial charge < -0.3 is 0 Å². The van der Waals surface area contributed by atoms with E-state index in [4.69, 9.17) is 0 Å². The van der Waals surface area contributed by atoms with Gasteiger partial charge in [0.25, 0.3) is 0 Å².